The molecule has 3 aromatic rings. The zero-order valence-corrected chi connectivity index (χ0v) is 15.1. The first kappa shape index (κ1) is 17.7. The Kier molecular flexibility index (Phi) is 3.72. The Bertz CT molecular complexity index is 1140. The van der Waals surface area contributed by atoms with Crippen molar-refractivity contribution < 1.29 is 14.8 Å². The molecule has 1 aliphatic heterocycles. The fraction of sp³-hybridized carbons (Fsp3) is 0.158. The SMILES string of the molecule is Cc1ccc2c(c1)C(O)(c1c(C)nn(-c3ccc([N+](=O)[O-])cc3)c1N)C(=O)N2. The molecule has 1 amide bonds. The topological polar surface area (TPSA) is 136 Å². The minimum absolute atomic E-state index is 0.0652. The largest absolute Gasteiger partial charge is 0.383 e. The summed E-state index contributed by atoms with van der Waals surface area (Å²) < 4.78 is 1.35. The maximum absolute atomic E-state index is 12.7. The molecule has 2 heterocycles. The number of fused-ring (bicyclic) bond motifs is 1. The number of non-ortho nitro benzene ring substituents is 1. The summed E-state index contributed by atoms with van der Waals surface area (Å²) in [6.45, 7) is 3.51. The van der Waals surface area contributed by atoms with Gasteiger partial charge in [0.05, 0.1) is 21.9 Å². The van der Waals surface area contributed by atoms with Crippen LogP contribution in [-0.2, 0) is 10.4 Å². The first-order valence-corrected chi connectivity index (χ1v) is 8.49. The van der Waals surface area contributed by atoms with Gasteiger partial charge >= 0.3 is 0 Å². The third-order valence-corrected chi connectivity index (χ3v) is 4.90. The first-order chi connectivity index (χ1) is 13.2. The van der Waals surface area contributed by atoms with Crippen LogP contribution < -0.4 is 11.1 Å². The molecular formula is C19H17N5O4. The summed E-state index contributed by atoms with van der Waals surface area (Å²) in [6, 6.07) is 11.0. The fourth-order valence-electron chi connectivity index (χ4n) is 3.55. The molecule has 0 saturated heterocycles. The number of amides is 1. The van der Waals surface area contributed by atoms with Gasteiger partial charge in [0.15, 0.2) is 0 Å². The molecule has 1 aromatic heterocycles. The predicted octanol–water partition coefficient (Wildman–Crippen LogP) is 2.17. The molecule has 0 fully saturated rings. The predicted molar refractivity (Wildman–Crippen MR) is 102 cm³/mol. The summed E-state index contributed by atoms with van der Waals surface area (Å²) in [5.41, 5.74) is 7.09. The quantitative estimate of drug-likeness (QED) is 0.471. The highest BCUT2D eigenvalue weighted by Gasteiger charge is 2.50. The van der Waals surface area contributed by atoms with Gasteiger partial charge in [0.2, 0.25) is 5.60 Å². The number of hydrogen-bond acceptors (Lipinski definition) is 6. The Morgan fingerprint density at radius 2 is 1.89 bits per heavy atom. The number of carbonyl (C=O) groups excluding carboxylic acids is 1. The molecule has 28 heavy (non-hydrogen) atoms. The van der Waals surface area contributed by atoms with E-state index in [0.717, 1.165) is 5.56 Å². The van der Waals surface area contributed by atoms with E-state index < -0.39 is 16.4 Å². The number of nitrogens with zero attached hydrogens (tertiary/aromatic N) is 3. The van der Waals surface area contributed by atoms with Crippen LogP contribution in [0.3, 0.4) is 0 Å². The van der Waals surface area contributed by atoms with E-state index in [9.17, 15) is 20.0 Å². The van der Waals surface area contributed by atoms with Gasteiger partial charge in [0.1, 0.15) is 5.82 Å². The summed E-state index contributed by atoms with van der Waals surface area (Å²) in [5, 5.41) is 29.3. The number of nitrogens with two attached hydrogens (primary N) is 1. The monoisotopic (exact) mass is 379 g/mol. The number of nitro benzene ring substituents is 1. The summed E-state index contributed by atoms with van der Waals surface area (Å²) >= 11 is 0. The van der Waals surface area contributed by atoms with Crippen molar-refractivity contribution in [1.82, 2.24) is 9.78 Å². The maximum Gasteiger partial charge on any atom is 0.269 e. The van der Waals surface area contributed by atoms with Crippen LogP contribution in [-0.4, -0.2) is 25.7 Å². The number of aryl methyl sites for hydroxylation is 2. The van der Waals surface area contributed by atoms with Gasteiger partial charge in [0.25, 0.3) is 11.6 Å². The molecule has 9 heteroatoms. The molecule has 0 aliphatic carbocycles. The molecule has 4 rings (SSSR count). The standard InChI is InChI=1S/C19H17N5O4/c1-10-3-8-15-14(9-10)19(26,18(25)21-15)16-11(2)22-23(17(16)20)12-4-6-13(7-5-12)24(27)28/h3-9,26H,20H2,1-2H3,(H,21,25). The number of carbonyl (C=O) groups is 1. The van der Waals surface area contributed by atoms with Gasteiger partial charge in [-0.3, -0.25) is 14.9 Å². The molecule has 2 aromatic carbocycles. The average molecular weight is 379 g/mol. The number of anilines is 2. The normalized spacial score (nSPS) is 18.0. The second-order valence-corrected chi connectivity index (χ2v) is 6.74. The Morgan fingerprint density at radius 3 is 2.54 bits per heavy atom. The molecule has 0 saturated carbocycles. The lowest BCUT2D eigenvalue weighted by atomic mass is 9.86. The number of nitro groups is 1. The van der Waals surface area contributed by atoms with E-state index in [-0.39, 0.29) is 17.1 Å². The minimum Gasteiger partial charge on any atom is -0.383 e. The fourth-order valence-corrected chi connectivity index (χ4v) is 3.55. The molecule has 142 valence electrons. The smallest absolute Gasteiger partial charge is 0.269 e. The van der Waals surface area contributed by atoms with E-state index >= 15 is 0 Å². The van der Waals surface area contributed by atoms with Crippen LogP contribution >= 0.6 is 0 Å². The number of rotatable bonds is 3. The van der Waals surface area contributed by atoms with Crippen molar-refractivity contribution in [3.63, 3.8) is 0 Å². The Hall–Kier alpha value is -3.72. The third kappa shape index (κ3) is 2.37. The second-order valence-electron chi connectivity index (χ2n) is 6.74. The van der Waals surface area contributed by atoms with Crippen molar-refractivity contribution in [2.24, 2.45) is 0 Å². The van der Waals surface area contributed by atoms with E-state index in [1.807, 2.05) is 13.0 Å². The van der Waals surface area contributed by atoms with Crippen molar-refractivity contribution >= 4 is 23.1 Å². The van der Waals surface area contributed by atoms with Gasteiger partial charge in [-0.1, -0.05) is 17.7 Å². The summed E-state index contributed by atoms with van der Waals surface area (Å²) in [5.74, 6) is -0.524. The van der Waals surface area contributed by atoms with Crippen molar-refractivity contribution in [3.8, 4) is 5.69 Å². The van der Waals surface area contributed by atoms with Gasteiger partial charge in [0, 0.05) is 23.4 Å². The minimum atomic E-state index is -1.98. The highest BCUT2D eigenvalue weighted by Crippen LogP contribution is 2.44. The molecule has 0 radical (unpaired) electrons. The number of aromatic nitrogens is 2. The first-order valence-electron chi connectivity index (χ1n) is 8.49. The van der Waals surface area contributed by atoms with Crippen LogP contribution in [0.1, 0.15) is 22.4 Å². The van der Waals surface area contributed by atoms with E-state index in [1.54, 1.807) is 19.1 Å². The lowest BCUT2D eigenvalue weighted by Gasteiger charge is -2.21. The molecule has 4 N–H and O–H groups in total. The number of nitrogens with one attached hydrogen (secondary N) is 1. The number of hydrogen-bond donors (Lipinski definition) is 3. The molecule has 0 spiro atoms. The highest BCUT2D eigenvalue weighted by atomic mass is 16.6. The number of nitrogen functional groups attached to an aromatic ring is 1. The van der Waals surface area contributed by atoms with Crippen molar-refractivity contribution in [2.75, 3.05) is 11.1 Å². The van der Waals surface area contributed by atoms with Gasteiger partial charge < -0.3 is 16.2 Å². The van der Waals surface area contributed by atoms with Crippen LogP contribution in [0.2, 0.25) is 0 Å². The highest BCUT2D eigenvalue weighted by molar-refractivity contribution is 6.08. The lowest BCUT2D eigenvalue weighted by Crippen LogP contribution is -2.36. The number of aliphatic hydroxyl groups is 1. The van der Waals surface area contributed by atoms with Crippen molar-refractivity contribution in [1.29, 1.82) is 0 Å². The summed E-state index contributed by atoms with van der Waals surface area (Å²) in [6.07, 6.45) is 0. The molecule has 9 nitrogen and oxygen atoms in total. The van der Waals surface area contributed by atoms with Gasteiger partial charge in [-0.25, -0.2) is 4.68 Å². The van der Waals surface area contributed by atoms with Crippen LogP contribution in [0, 0.1) is 24.0 Å². The van der Waals surface area contributed by atoms with Crippen LogP contribution in [0.5, 0.6) is 0 Å². The van der Waals surface area contributed by atoms with E-state index in [4.69, 9.17) is 5.73 Å². The summed E-state index contributed by atoms with van der Waals surface area (Å²) in [4.78, 5) is 23.1. The van der Waals surface area contributed by atoms with E-state index in [2.05, 4.69) is 10.4 Å². The maximum atomic E-state index is 12.7. The van der Waals surface area contributed by atoms with Gasteiger partial charge in [-0.2, -0.15) is 5.10 Å². The molecule has 1 unspecified atom stereocenters. The van der Waals surface area contributed by atoms with E-state index in [1.165, 1.54) is 28.9 Å². The Balaban J connectivity index is 1.88. The number of benzene rings is 2. The van der Waals surface area contributed by atoms with Crippen molar-refractivity contribution in [3.05, 3.63) is 75.0 Å². The summed E-state index contributed by atoms with van der Waals surface area (Å²) in [7, 11) is 0. The van der Waals surface area contributed by atoms with E-state index in [0.29, 0.717) is 22.6 Å². The van der Waals surface area contributed by atoms with Crippen molar-refractivity contribution in [2.45, 2.75) is 19.4 Å². The zero-order valence-electron chi connectivity index (χ0n) is 15.1. The Labute approximate surface area is 159 Å². The Morgan fingerprint density at radius 1 is 1.21 bits per heavy atom. The lowest BCUT2D eigenvalue weighted by molar-refractivity contribution is -0.384. The third-order valence-electron chi connectivity index (χ3n) is 4.90. The second kappa shape index (κ2) is 5.89. The molecule has 1 atom stereocenters. The zero-order chi connectivity index (χ0) is 20.2. The van der Waals surface area contributed by atoms with Gasteiger partial charge in [-0.15, -0.1) is 0 Å². The van der Waals surface area contributed by atoms with Crippen LogP contribution in [0.15, 0.2) is 42.5 Å². The molecular weight excluding hydrogens is 362 g/mol. The van der Waals surface area contributed by atoms with Crippen LogP contribution in [0.25, 0.3) is 5.69 Å². The molecule has 1 aliphatic rings. The molecule has 0 bridgehead atoms. The van der Waals surface area contributed by atoms with Gasteiger partial charge in [-0.05, 0) is 32.0 Å². The average Bonchev–Trinajstić information content (AvgIpc) is 3.09. The van der Waals surface area contributed by atoms with Crippen LogP contribution in [0.4, 0.5) is 17.2 Å².